The van der Waals surface area contributed by atoms with E-state index < -0.39 is 0 Å². The molecule has 0 atom stereocenters. The summed E-state index contributed by atoms with van der Waals surface area (Å²) in [7, 11) is 1.92. The average Bonchev–Trinajstić information content (AvgIpc) is 2.72. The smallest absolute Gasteiger partial charge is 0.282 e. The fourth-order valence-electron chi connectivity index (χ4n) is 1.51. The molecule has 1 N–H and O–H groups in total. The zero-order chi connectivity index (χ0) is 13.1. The first kappa shape index (κ1) is 12.8. The molecule has 0 radical (unpaired) electrons. The van der Waals surface area contributed by atoms with Crippen LogP contribution in [-0.2, 0) is 13.6 Å². The van der Waals surface area contributed by atoms with Gasteiger partial charge in [0.05, 0.1) is 15.0 Å². The van der Waals surface area contributed by atoms with E-state index in [1.54, 1.807) is 18.3 Å². The normalized spacial score (nSPS) is 10.3. The first-order valence-electron chi connectivity index (χ1n) is 5.22. The van der Waals surface area contributed by atoms with Gasteiger partial charge in [-0.3, -0.25) is 10.1 Å². The maximum absolute atomic E-state index is 10.7. The number of anilines is 1. The third-order valence-electron chi connectivity index (χ3n) is 2.52. The zero-order valence-electron chi connectivity index (χ0n) is 9.63. The minimum absolute atomic E-state index is 0.123. The Balaban J connectivity index is 2.09. The Kier molecular flexibility index (Phi) is 3.80. The predicted octanol–water partition coefficient (Wildman–Crippen LogP) is 2.54. The van der Waals surface area contributed by atoms with Crippen molar-refractivity contribution in [2.45, 2.75) is 6.54 Å². The number of hydrogen-bond acceptors (Lipinski definition) is 4. The van der Waals surface area contributed by atoms with E-state index in [-0.39, 0.29) is 10.6 Å². The highest BCUT2D eigenvalue weighted by atomic mass is 127. The lowest BCUT2D eigenvalue weighted by Crippen LogP contribution is -2.05. The van der Waals surface area contributed by atoms with E-state index in [9.17, 15) is 10.1 Å². The van der Waals surface area contributed by atoms with Crippen molar-refractivity contribution in [2.75, 3.05) is 5.32 Å². The van der Waals surface area contributed by atoms with Crippen molar-refractivity contribution < 1.29 is 4.92 Å². The van der Waals surface area contributed by atoms with Crippen LogP contribution < -0.4 is 5.32 Å². The zero-order valence-corrected chi connectivity index (χ0v) is 11.8. The number of nitro benzene ring substituents is 1. The summed E-state index contributed by atoms with van der Waals surface area (Å²) < 4.78 is 2.53. The van der Waals surface area contributed by atoms with Gasteiger partial charge in [-0.2, -0.15) is 0 Å². The molecule has 1 aromatic carbocycles. The Morgan fingerprint density at radius 3 is 2.89 bits per heavy atom. The fraction of sp³-hybridized carbons (Fsp3) is 0.182. The quantitative estimate of drug-likeness (QED) is 0.518. The molecule has 1 heterocycles. The van der Waals surface area contributed by atoms with Crippen molar-refractivity contribution >= 4 is 34.0 Å². The van der Waals surface area contributed by atoms with Gasteiger partial charge < -0.3 is 9.88 Å². The first-order valence-corrected chi connectivity index (χ1v) is 6.30. The molecular weight excluding hydrogens is 347 g/mol. The van der Waals surface area contributed by atoms with Gasteiger partial charge in [0.25, 0.3) is 5.69 Å². The molecule has 1 aromatic heterocycles. The lowest BCUT2D eigenvalue weighted by Gasteiger charge is -2.07. The van der Waals surface area contributed by atoms with Gasteiger partial charge in [-0.15, -0.1) is 0 Å². The highest BCUT2D eigenvalue weighted by Crippen LogP contribution is 2.24. The number of nitrogens with zero attached hydrogens (tertiary/aromatic N) is 3. The number of aromatic nitrogens is 2. The lowest BCUT2D eigenvalue weighted by atomic mass is 10.3. The molecule has 0 aliphatic rings. The van der Waals surface area contributed by atoms with Crippen LogP contribution in [0.4, 0.5) is 11.4 Å². The van der Waals surface area contributed by atoms with Crippen LogP contribution in [0.5, 0.6) is 0 Å². The Bertz CT molecular complexity index is 582. The maximum atomic E-state index is 10.7. The van der Waals surface area contributed by atoms with Gasteiger partial charge in [0, 0.05) is 31.2 Å². The number of nitro groups is 1. The highest BCUT2D eigenvalue weighted by molar-refractivity contribution is 14.1. The third-order valence-corrected chi connectivity index (χ3v) is 3.38. The van der Waals surface area contributed by atoms with E-state index in [1.165, 1.54) is 6.07 Å². The summed E-state index contributed by atoms with van der Waals surface area (Å²) in [6, 6.07) is 4.95. The van der Waals surface area contributed by atoms with E-state index in [1.807, 2.05) is 40.4 Å². The molecule has 2 aromatic rings. The van der Waals surface area contributed by atoms with Crippen LogP contribution in [0.1, 0.15) is 5.82 Å². The van der Waals surface area contributed by atoms with E-state index >= 15 is 0 Å². The number of rotatable bonds is 4. The fourth-order valence-corrected chi connectivity index (χ4v) is 2.23. The Morgan fingerprint density at radius 2 is 2.33 bits per heavy atom. The molecule has 0 saturated heterocycles. The number of halogens is 1. The highest BCUT2D eigenvalue weighted by Gasteiger charge is 2.11. The Hall–Kier alpha value is -1.64. The van der Waals surface area contributed by atoms with Crippen molar-refractivity contribution in [1.82, 2.24) is 9.55 Å². The second-order valence-corrected chi connectivity index (χ2v) is 4.89. The maximum Gasteiger partial charge on any atom is 0.282 e. The van der Waals surface area contributed by atoms with Crippen LogP contribution in [-0.4, -0.2) is 14.5 Å². The first-order chi connectivity index (χ1) is 8.58. The summed E-state index contributed by atoms with van der Waals surface area (Å²) in [6.45, 7) is 0.581. The molecule has 0 aliphatic heterocycles. The van der Waals surface area contributed by atoms with Gasteiger partial charge in [-0.25, -0.2) is 4.98 Å². The molecule has 0 aliphatic carbocycles. The van der Waals surface area contributed by atoms with Gasteiger partial charge in [-0.1, -0.05) is 0 Å². The molecule has 7 heteroatoms. The van der Waals surface area contributed by atoms with E-state index in [4.69, 9.17) is 0 Å². The molecule has 0 bridgehead atoms. The van der Waals surface area contributed by atoms with Gasteiger partial charge >= 0.3 is 0 Å². The molecule has 0 spiro atoms. The SMILES string of the molecule is Cn1ccnc1CNc1ccc([N+](=O)[O-])c(I)c1. The van der Waals surface area contributed by atoms with Crippen molar-refractivity contribution in [3.8, 4) is 0 Å². The molecule has 6 nitrogen and oxygen atoms in total. The van der Waals surface area contributed by atoms with Crippen LogP contribution in [0.3, 0.4) is 0 Å². The summed E-state index contributed by atoms with van der Waals surface area (Å²) in [6.07, 6.45) is 3.60. The molecule has 2 rings (SSSR count). The van der Waals surface area contributed by atoms with Gasteiger partial charge in [0.15, 0.2) is 0 Å². The van der Waals surface area contributed by atoms with E-state index in [0.717, 1.165) is 11.5 Å². The number of nitrogens with one attached hydrogen (secondary N) is 1. The van der Waals surface area contributed by atoms with Crippen LogP contribution >= 0.6 is 22.6 Å². The molecule has 94 valence electrons. The topological polar surface area (TPSA) is 73.0 Å². The average molecular weight is 358 g/mol. The van der Waals surface area contributed by atoms with Gasteiger partial charge in [0.1, 0.15) is 5.82 Å². The summed E-state index contributed by atoms with van der Waals surface area (Å²) in [5, 5.41) is 13.9. The number of imidazole rings is 1. The van der Waals surface area contributed by atoms with Crippen molar-refractivity contribution in [1.29, 1.82) is 0 Å². The third kappa shape index (κ3) is 2.78. The van der Waals surface area contributed by atoms with Crippen molar-refractivity contribution in [3.05, 3.63) is 50.1 Å². The second kappa shape index (κ2) is 5.34. The molecule has 0 fully saturated rings. The van der Waals surface area contributed by atoms with Crippen molar-refractivity contribution in [2.24, 2.45) is 7.05 Å². The summed E-state index contributed by atoms with van der Waals surface area (Å²) >= 11 is 1.96. The monoisotopic (exact) mass is 358 g/mol. The van der Waals surface area contributed by atoms with E-state index in [2.05, 4.69) is 10.3 Å². The van der Waals surface area contributed by atoms with E-state index in [0.29, 0.717) is 10.1 Å². The minimum atomic E-state index is -0.385. The molecule has 18 heavy (non-hydrogen) atoms. The molecule has 0 unspecified atom stereocenters. The number of aryl methyl sites for hydroxylation is 1. The van der Waals surface area contributed by atoms with Gasteiger partial charge in [0.2, 0.25) is 0 Å². The molecule has 0 saturated carbocycles. The van der Waals surface area contributed by atoms with Crippen LogP contribution in [0, 0.1) is 13.7 Å². The molecular formula is C11H11IN4O2. The minimum Gasteiger partial charge on any atom is -0.378 e. The van der Waals surface area contributed by atoms with Gasteiger partial charge in [-0.05, 0) is 34.7 Å². The Morgan fingerprint density at radius 1 is 1.56 bits per heavy atom. The number of benzene rings is 1. The van der Waals surface area contributed by atoms with Crippen LogP contribution in [0.15, 0.2) is 30.6 Å². The standard InChI is InChI=1S/C11H11IN4O2/c1-15-5-4-13-11(15)7-14-8-2-3-10(16(17)18)9(12)6-8/h2-6,14H,7H2,1H3. The second-order valence-electron chi connectivity index (χ2n) is 3.73. The molecule has 0 amide bonds. The largest absolute Gasteiger partial charge is 0.378 e. The summed E-state index contributed by atoms with van der Waals surface area (Å²) in [4.78, 5) is 14.5. The van der Waals surface area contributed by atoms with Crippen LogP contribution in [0.25, 0.3) is 0 Å². The predicted molar refractivity (Wildman–Crippen MR) is 76.3 cm³/mol. The summed E-state index contributed by atoms with van der Waals surface area (Å²) in [5.41, 5.74) is 0.964. The Labute approximate surface area is 117 Å². The lowest BCUT2D eigenvalue weighted by molar-refractivity contribution is -0.385. The van der Waals surface area contributed by atoms with Crippen LogP contribution in [0.2, 0.25) is 0 Å². The van der Waals surface area contributed by atoms with Crippen molar-refractivity contribution in [3.63, 3.8) is 0 Å². The summed E-state index contributed by atoms with van der Waals surface area (Å²) in [5.74, 6) is 0.906. The number of hydrogen-bond donors (Lipinski definition) is 1.